The van der Waals surface area contributed by atoms with Gasteiger partial charge in [0, 0.05) is 13.1 Å². The molecule has 13 heavy (non-hydrogen) atoms. The molecule has 0 aliphatic heterocycles. The molecular formula is C10H21NO2. The molecule has 78 valence electrons. The van der Waals surface area contributed by atoms with Gasteiger partial charge in [-0.2, -0.15) is 0 Å². The van der Waals surface area contributed by atoms with Crippen molar-refractivity contribution in [3.8, 4) is 0 Å². The highest BCUT2D eigenvalue weighted by molar-refractivity contribution is 4.93. The average molecular weight is 187 g/mol. The van der Waals surface area contributed by atoms with Crippen molar-refractivity contribution in [2.45, 2.75) is 26.2 Å². The summed E-state index contributed by atoms with van der Waals surface area (Å²) < 4.78 is 5.14. The Kier molecular flexibility index (Phi) is 4.70. The third-order valence-electron chi connectivity index (χ3n) is 2.87. The fourth-order valence-corrected chi connectivity index (χ4v) is 1.50. The topological polar surface area (TPSA) is 41.5 Å². The van der Waals surface area contributed by atoms with Gasteiger partial charge in [-0.05, 0) is 24.7 Å². The standard InChI is InChI=1S/C10H21NO2/c1-2-10(3-4-10)9-11-5-7-13-8-6-12/h11-12H,2-9H2,1H3. The van der Waals surface area contributed by atoms with Crippen LogP contribution in [0.1, 0.15) is 26.2 Å². The zero-order valence-corrected chi connectivity index (χ0v) is 8.51. The van der Waals surface area contributed by atoms with E-state index in [9.17, 15) is 0 Å². The Morgan fingerprint density at radius 1 is 1.38 bits per heavy atom. The molecule has 3 heteroatoms. The Hall–Kier alpha value is -0.120. The second-order valence-electron chi connectivity index (χ2n) is 3.87. The molecule has 1 aliphatic rings. The Balaban J connectivity index is 1.84. The minimum absolute atomic E-state index is 0.124. The van der Waals surface area contributed by atoms with Crippen molar-refractivity contribution in [1.29, 1.82) is 0 Å². The minimum Gasteiger partial charge on any atom is -0.394 e. The number of aliphatic hydroxyl groups excluding tert-OH is 1. The van der Waals surface area contributed by atoms with Crippen LogP contribution in [-0.4, -0.2) is 38.0 Å². The zero-order chi connectivity index (χ0) is 9.57. The minimum atomic E-state index is 0.124. The smallest absolute Gasteiger partial charge is 0.0698 e. The molecule has 0 radical (unpaired) electrons. The summed E-state index contributed by atoms with van der Waals surface area (Å²) in [4.78, 5) is 0. The van der Waals surface area contributed by atoms with E-state index in [0.29, 0.717) is 18.6 Å². The first-order chi connectivity index (χ1) is 6.33. The Morgan fingerprint density at radius 2 is 2.15 bits per heavy atom. The van der Waals surface area contributed by atoms with Gasteiger partial charge in [0.15, 0.2) is 0 Å². The first-order valence-electron chi connectivity index (χ1n) is 5.22. The molecular weight excluding hydrogens is 166 g/mol. The molecule has 1 fully saturated rings. The predicted molar refractivity (Wildman–Crippen MR) is 52.7 cm³/mol. The molecule has 0 aromatic carbocycles. The Labute approximate surface area is 80.5 Å². The van der Waals surface area contributed by atoms with Gasteiger partial charge in [0.05, 0.1) is 19.8 Å². The summed E-state index contributed by atoms with van der Waals surface area (Å²) >= 11 is 0. The van der Waals surface area contributed by atoms with E-state index in [4.69, 9.17) is 9.84 Å². The second-order valence-corrected chi connectivity index (χ2v) is 3.87. The monoisotopic (exact) mass is 187 g/mol. The summed E-state index contributed by atoms with van der Waals surface area (Å²) in [6, 6.07) is 0. The molecule has 3 nitrogen and oxygen atoms in total. The Morgan fingerprint density at radius 3 is 2.69 bits per heavy atom. The van der Waals surface area contributed by atoms with E-state index in [1.165, 1.54) is 19.3 Å². The highest BCUT2D eigenvalue weighted by Crippen LogP contribution is 2.47. The lowest BCUT2D eigenvalue weighted by Crippen LogP contribution is -2.27. The molecule has 0 aromatic heterocycles. The highest BCUT2D eigenvalue weighted by atomic mass is 16.5. The van der Waals surface area contributed by atoms with Crippen LogP contribution in [0.5, 0.6) is 0 Å². The molecule has 0 amide bonds. The van der Waals surface area contributed by atoms with Gasteiger partial charge >= 0.3 is 0 Å². The average Bonchev–Trinajstić information content (AvgIpc) is 2.92. The van der Waals surface area contributed by atoms with Crippen LogP contribution in [0.15, 0.2) is 0 Å². The van der Waals surface area contributed by atoms with Crippen molar-refractivity contribution in [2.24, 2.45) is 5.41 Å². The molecule has 0 bridgehead atoms. The van der Waals surface area contributed by atoms with Gasteiger partial charge in [-0.3, -0.25) is 0 Å². The van der Waals surface area contributed by atoms with E-state index in [-0.39, 0.29) is 6.61 Å². The molecule has 0 heterocycles. The molecule has 1 aliphatic carbocycles. The van der Waals surface area contributed by atoms with E-state index in [0.717, 1.165) is 13.1 Å². The third-order valence-corrected chi connectivity index (χ3v) is 2.87. The first kappa shape index (κ1) is 11.0. The summed E-state index contributed by atoms with van der Waals surface area (Å²) in [5.74, 6) is 0. The highest BCUT2D eigenvalue weighted by Gasteiger charge is 2.39. The van der Waals surface area contributed by atoms with Crippen LogP contribution < -0.4 is 5.32 Å². The van der Waals surface area contributed by atoms with Gasteiger partial charge in [0.25, 0.3) is 0 Å². The van der Waals surface area contributed by atoms with Crippen molar-refractivity contribution in [3.05, 3.63) is 0 Å². The van der Waals surface area contributed by atoms with Crippen molar-refractivity contribution < 1.29 is 9.84 Å². The lowest BCUT2D eigenvalue weighted by molar-refractivity contribution is 0.0933. The van der Waals surface area contributed by atoms with Crippen LogP contribution >= 0.6 is 0 Å². The number of hydrogen-bond acceptors (Lipinski definition) is 3. The van der Waals surface area contributed by atoms with Crippen molar-refractivity contribution in [2.75, 3.05) is 32.9 Å². The van der Waals surface area contributed by atoms with E-state index >= 15 is 0 Å². The molecule has 0 atom stereocenters. The lowest BCUT2D eigenvalue weighted by Gasteiger charge is -2.13. The van der Waals surface area contributed by atoms with Crippen LogP contribution in [0.2, 0.25) is 0 Å². The molecule has 1 rings (SSSR count). The maximum Gasteiger partial charge on any atom is 0.0698 e. The van der Waals surface area contributed by atoms with E-state index in [1.54, 1.807) is 0 Å². The largest absolute Gasteiger partial charge is 0.394 e. The van der Waals surface area contributed by atoms with Gasteiger partial charge in [-0.15, -0.1) is 0 Å². The number of nitrogens with one attached hydrogen (secondary N) is 1. The predicted octanol–water partition coefficient (Wildman–Crippen LogP) is 0.775. The van der Waals surface area contributed by atoms with Gasteiger partial charge in [-0.1, -0.05) is 6.92 Å². The molecule has 2 N–H and O–H groups in total. The summed E-state index contributed by atoms with van der Waals surface area (Å²) in [7, 11) is 0. The van der Waals surface area contributed by atoms with Gasteiger partial charge in [0.1, 0.15) is 0 Å². The SMILES string of the molecule is CCC1(CNCCOCCO)CC1. The molecule has 0 spiro atoms. The summed E-state index contributed by atoms with van der Waals surface area (Å²) in [6.07, 6.45) is 4.06. The van der Waals surface area contributed by atoms with Gasteiger partial charge in [-0.25, -0.2) is 0 Å². The number of rotatable bonds is 8. The molecule has 1 saturated carbocycles. The van der Waals surface area contributed by atoms with E-state index in [1.807, 2.05) is 0 Å². The van der Waals surface area contributed by atoms with Gasteiger partial charge < -0.3 is 15.2 Å². The fraction of sp³-hybridized carbons (Fsp3) is 1.00. The normalized spacial score (nSPS) is 18.9. The lowest BCUT2D eigenvalue weighted by atomic mass is 10.0. The number of hydrogen-bond donors (Lipinski definition) is 2. The molecule has 0 unspecified atom stereocenters. The van der Waals surface area contributed by atoms with Crippen LogP contribution in [-0.2, 0) is 4.74 Å². The molecule has 0 saturated heterocycles. The molecule has 0 aromatic rings. The van der Waals surface area contributed by atoms with Crippen LogP contribution in [0.25, 0.3) is 0 Å². The van der Waals surface area contributed by atoms with Crippen molar-refractivity contribution in [3.63, 3.8) is 0 Å². The second kappa shape index (κ2) is 5.58. The Bertz CT molecular complexity index is 135. The summed E-state index contributed by atoms with van der Waals surface area (Å²) in [6.45, 7) is 5.59. The zero-order valence-electron chi connectivity index (χ0n) is 8.51. The maximum absolute atomic E-state index is 8.45. The van der Waals surface area contributed by atoms with E-state index < -0.39 is 0 Å². The number of ether oxygens (including phenoxy) is 1. The van der Waals surface area contributed by atoms with Crippen LogP contribution in [0.3, 0.4) is 0 Å². The van der Waals surface area contributed by atoms with Crippen molar-refractivity contribution >= 4 is 0 Å². The third kappa shape index (κ3) is 4.07. The van der Waals surface area contributed by atoms with Crippen LogP contribution in [0.4, 0.5) is 0 Å². The summed E-state index contributed by atoms with van der Waals surface area (Å²) in [5.41, 5.74) is 0.622. The quantitative estimate of drug-likeness (QED) is 0.552. The van der Waals surface area contributed by atoms with Crippen molar-refractivity contribution in [1.82, 2.24) is 5.32 Å². The van der Waals surface area contributed by atoms with E-state index in [2.05, 4.69) is 12.2 Å². The van der Waals surface area contributed by atoms with Crippen LogP contribution in [0, 0.1) is 5.41 Å². The summed E-state index contributed by atoms with van der Waals surface area (Å²) in [5, 5.41) is 11.8. The maximum atomic E-state index is 8.45. The fourth-order valence-electron chi connectivity index (χ4n) is 1.50. The number of aliphatic hydroxyl groups is 1. The first-order valence-corrected chi connectivity index (χ1v) is 5.22. The van der Waals surface area contributed by atoms with Gasteiger partial charge in [0.2, 0.25) is 0 Å².